The summed E-state index contributed by atoms with van der Waals surface area (Å²) >= 11 is 5.70. The molecule has 0 amide bonds. The highest BCUT2D eigenvalue weighted by atomic mass is 79.9. The van der Waals surface area contributed by atoms with Gasteiger partial charge in [0.25, 0.3) is 0 Å². The summed E-state index contributed by atoms with van der Waals surface area (Å²) in [7, 11) is 0. The van der Waals surface area contributed by atoms with Gasteiger partial charge in [-0.1, -0.05) is 28.1 Å². The molecule has 1 unspecified atom stereocenters. The molecular formula is C16H19BrN2S. The summed E-state index contributed by atoms with van der Waals surface area (Å²) in [6.07, 6.45) is 4.54. The van der Waals surface area contributed by atoms with E-state index >= 15 is 0 Å². The molecule has 0 radical (unpaired) electrons. The average molecular weight is 351 g/mol. The van der Waals surface area contributed by atoms with Crippen LogP contribution in [0.1, 0.15) is 25.3 Å². The Kier molecular flexibility index (Phi) is 4.34. The van der Waals surface area contributed by atoms with Crippen molar-refractivity contribution in [1.29, 1.82) is 0 Å². The van der Waals surface area contributed by atoms with E-state index in [1.807, 2.05) is 12.3 Å². The van der Waals surface area contributed by atoms with E-state index in [9.17, 15) is 0 Å². The fourth-order valence-electron chi connectivity index (χ4n) is 2.78. The molecule has 0 saturated carbocycles. The van der Waals surface area contributed by atoms with Gasteiger partial charge in [-0.2, -0.15) is 11.8 Å². The number of halogens is 1. The summed E-state index contributed by atoms with van der Waals surface area (Å²) in [5, 5.41) is 4.81. The third kappa shape index (κ3) is 3.02. The van der Waals surface area contributed by atoms with Gasteiger partial charge in [0.15, 0.2) is 0 Å². The van der Waals surface area contributed by atoms with E-state index in [1.54, 1.807) is 0 Å². The summed E-state index contributed by atoms with van der Waals surface area (Å²) in [6, 6.07) is 8.38. The van der Waals surface area contributed by atoms with Crippen LogP contribution in [0.25, 0.3) is 10.9 Å². The average Bonchev–Trinajstić information content (AvgIpc) is 2.89. The lowest BCUT2D eigenvalue weighted by Crippen LogP contribution is -2.32. The lowest BCUT2D eigenvalue weighted by atomic mass is 10.1. The normalized spacial score (nSPS) is 22.5. The van der Waals surface area contributed by atoms with Crippen LogP contribution < -0.4 is 5.32 Å². The van der Waals surface area contributed by atoms with Crippen molar-refractivity contribution in [2.24, 2.45) is 0 Å². The Hall–Kier alpha value is -0.580. The third-order valence-corrected chi connectivity index (χ3v) is 6.14. The number of hydrogen-bond acceptors (Lipinski definition) is 3. The fraction of sp³-hybridized carbons (Fsp3) is 0.438. The minimum absolute atomic E-state index is 0.415. The molecule has 1 atom stereocenters. The van der Waals surface area contributed by atoms with Crippen LogP contribution in [0.3, 0.4) is 0 Å². The number of hydrogen-bond donors (Lipinski definition) is 1. The SMILES string of the molecule is CC1(CNCc2ccc(Br)c3cccnc23)CCCS1. The zero-order valence-electron chi connectivity index (χ0n) is 11.7. The highest BCUT2D eigenvalue weighted by Crippen LogP contribution is 2.37. The molecule has 1 aliphatic heterocycles. The predicted octanol–water partition coefficient (Wildman–Crippen LogP) is 4.37. The van der Waals surface area contributed by atoms with Crippen LogP contribution >= 0.6 is 27.7 Å². The van der Waals surface area contributed by atoms with Crippen LogP contribution in [0.4, 0.5) is 0 Å². The van der Waals surface area contributed by atoms with Gasteiger partial charge < -0.3 is 5.32 Å². The van der Waals surface area contributed by atoms with Crippen LogP contribution in [0.2, 0.25) is 0 Å². The Balaban J connectivity index is 1.73. The monoisotopic (exact) mass is 350 g/mol. The second-order valence-electron chi connectivity index (χ2n) is 5.61. The van der Waals surface area contributed by atoms with E-state index in [0.29, 0.717) is 4.75 Å². The first-order valence-electron chi connectivity index (χ1n) is 7.05. The Bertz CT molecular complexity index is 608. The third-order valence-electron chi connectivity index (χ3n) is 3.91. The molecule has 2 aromatic rings. The minimum atomic E-state index is 0.415. The van der Waals surface area contributed by atoms with Crippen molar-refractivity contribution in [2.75, 3.05) is 12.3 Å². The minimum Gasteiger partial charge on any atom is -0.311 e. The number of nitrogens with zero attached hydrogens (tertiary/aromatic N) is 1. The molecule has 20 heavy (non-hydrogen) atoms. The Morgan fingerprint density at radius 3 is 3.10 bits per heavy atom. The van der Waals surface area contributed by atoms with Crippen LogP contribution in [0.15, 0.2) is 34.9 Å². The number of fused-ring (bicyclic) bond motifs is 1. The zero-order valence-corrected chi connectivity index (χ0v) is 14.1. The number of thioether (sulfide) groups is 1. The van der Waals surface area contributed by atoms with Gasteiger partial charge in [-0.15, -0.1) is 0 Å². The van der Waals surface area contributed by atoms with E-state index in [-0.39, 0.29) is 0 Å². The van der Waals surface area contributed by atoms with Crippen molar-refractivity contribution in [3.05, 3.63) is 40.5 Å². The van der Waals surface area contributed by atoms with Gasteiger partial charge in [-0.3, -0.25) is 4.98 Å². The largest absolute Gasteiger partial charge is 0.311 e. The van der Waals surface area contributed by atoms with Crippen LogP contribution in [-0.4, -0.2) is 22.0 Å². The molecule has 106 valence electrons. The number of benzene rings is 1. The summed E-state index contributed by atoms with van der Waals surface area (Å²) in [5.74, 6) is 1.31. The lowest BCUT2D eigenvalue weighted by molar-refractivity contribution is 0.538. The quantitative estimate of drug-likeness (QED) is 0.885. The smallest absolute Gasteiger partial charge is 0.0758 e. The van der Waals surface area contributed by atoms with E-state index in [0.717, 1.165) is 23.1 Å². The van der Waals surface area contributed by atoms with Gasteiger partial charge in [0.1, 0.15) is 0 Å². The molecule has 1 N–H and O–H groups in total. The van der Waals surface area contributed by atoms with Crippen molar-refractivity contribution in [2.45, 2.75) is 31.1 Å². The summed E-state index contributed by atoms with van der Waals surface area (Å²) in [6.45, 7) is 4.33. The molecule has 0 aliphatic carbocycles. The van der Waals surface area contributed by atoms with E-state index in [2.05, 4.69) is 63.1 Å². The number of nitrogens with one attached hydrogen (secondary N) is 1. The van der Waals surface area contributed by atoms with Crippen LogP contribution in [-0.2, 0) is 6.54 Å². The Morgan fingerprint density at radius 2 is 2.30 bits per heavy atom. The Labute approximate surface area is 132 Å². The second kappa shape index (κ2) is 6.04. The first-order valence-corrected chi connectivity index (χ1v) is 8.83. The number of rotatable bonds is 4. The molecule has 1 aromatic heterocycles. The maximum Gasteiger partial charge on any atom is 0.0758 e. The maximum absolute atomic E-state index is 4.53. The van der Waals surface area contributed by atoms with Gasteiger partial charge in [0, 0.05) is 33.9 Å². The van der Waals surface area contributed by atoms with Crippen molar-refractivity contribution in [3.63, 3.8) is 0 Å². The fourth-order valence-corrected chi connectivity index (χ4v) is 4.50. The Morgan fingerprint density at radius 1 is 1.40 bits per heavy atom. The molecule has 1 fully saturated rings. The molecule has 0 spiro atoms. The first-order chi connectivity index (χ1) is 9.68. The van der Waals surface area contributed by atoms with Gasteiger partial charge in [0.2, 0.25) is 0 Å². The standard InChI is InChI=1S/C16H19BrN2S/c1-16(7-3-9-20-16)11-18-10-12-5-6-14(17)13-4-2-8-19-15(12)13/h2,4-6,8,18H,3,7,9-11H2,1H3. The second-order valence-corrected chi connectivity index (χ2v) is 8.15. The first kappa shape index (κ1) is 14.4. The molecule has 1 saturated heterocycles. The summed E-state index contributed by atoms with van der Waals surface area (Å²) < 4.78 is 1.53. The van der Waals surface area contributed by atoms with Gasteiger partial charge in [0.05, 0.1) is 5.52 Å². The van der Waals surface area contributed by atoms with Gasteiger partial charge in [-0.05, 0) is 43.2 Å². The van der Waals surface area contributed by atoms with Crippen LogP contribution in [0, 0.1) is 0 Å². The molecule has 1 aliphatic rings. The molecular weight excluding hydrogens is 332 g/mol. The van der Waals surface area contributed by atoms with Crippen molar-refractivity contribution in [1.82, 2.24) is 10.3 Å². The number of pyridine rings is 1. The van der Waals surface area contributed by atoms with E-state index in [1.165, 1.54) is 29.5 Å². The molecule has 0 bridgehead atoms. The molecule has 2 nitrogen and oxygen atoms in total. The maximum atomic E-state index is 4.53. The number of aromatic nitrogens is 1. The van der Waals surface area contributed by atoms with E-state index in [4.69, 9.17) is 0 Å². The summed E-state index contributed by atoms with van der Waals surface area (Å²) in [5.41, 5.74) is 2.37. The molecule has 1 aromatic carbocycles. The highest BCUT2D eigenvalue weighted by Gasteiger charge is 2.28. The predicted molar refractivity (Wildman–Crippen MR) is 91.2 cm³/mol. The molecule has 4 heteroatoms. The zero-order chi connectivity index (χ0) is 14.0. The topological polar surface area (TPSA) is 24.9 Å². The van der Waals surface area contributed by atoms with Crippen molar-refractivity contribution >= 4 is 38.6 Å². The van der Waals surface area contributed by atoms with Crippen molar-refractivity contribution < 1.29 is 0 Å². The van der Waals surface area contributed by atoms with Gasteiger partial charge >= 0.3 is 0 Å². The molecule has 3 rings (SSSR count). The van der Waals surface area contributed by atoms with Gasteiger partial charge in [-0.25, -0.2) is 0 Å². The van der Waals surface area contributed by atoms with Crippen molar-refractivity contribution in [3.8, 4) is 0 Å². The van der Waals surface area contributed by atoms with Crippen LogP contribution in [0.5, 0.6) is 0 Å². The lowest BCUT2D eigenvalue weighted by Gasteiger charge is -2.23. The molecule has 2 heterocycles. The highest BCUT2D eigenvalue weighted by molar-refractivity contribution is 9.10. The van der Waals surface area contributed by atoms with E-state index < -0.39 is 0 Å². The summed E-state index contributed by atoms with van der Waals surface area (Å²) in [4.78, 5) is 4.53.